The van der Waals surface area contributed by atoms with Crippen LogP contribution < -0.4 is 11.0 Å². The maximum Gasteiger partial charge on any atom is 0.323 e. The standard InChI is InChI=1S/C13H19N3O2/c1-3-18-7-6-14-9(2)10-4-5-11-12(8-10)16-13(17)15-11/h4-5,8-9,14H,3,6-7H2,1-2H3,(H2,15,16,17). The fraction of sp³-hybridized carbons (Fsp3) is 0.462. The van der Waals surface area contributed by atoms with Crippen molar-refractivity contribution in [2.45, 2.75) is 19.9 Å². The van der Waals surface area contributed by atoms with Gasteiger partial charge in [0.15, 0.2) is 0 Å². The Morgan fingerprint density at radius 2 is 2.11 bits per heavy atom. The first kappa shape index (κ1) is 12.9. The lowest BCUT2D eigenvalue weighted by Gasteiger charge is -2.14. The summed E-state index contributed by atoms with van der Waals surface area (Å²) in [5.41, 5.74) is 2.66. The first-order valence-electron chi connectivity index (χ1n) is 6.23. The number of rotatable bonds is 6. The molecule has 0 saturated heterocycles. The number of aromatic nitrogens is 2. The quantitative estimate of drug-likeness (QED) is 0.680. The van der Waals surface area contributed by atoms with E-state index in [0.29, 0.717) is 6.61 Å². The van der Waals surface area contributed by atoms with E-state index in [9.17, 15) is 4.79 Å². The molecule has 0 saturated carbocycles. The average molecular weight is 249 g/mol. The lowest BCUT2D eigenvalue weighted by Crippen LogP contribution is -2.23. The molecule has 0 fully saturated rings. The third-order valence-corrected chi connectivity index (χ3v) is 2.94. The molecule has 1 heterocycles. The maximum atomic E-state index is 11.2. The molecule has 0 radical (unpaired) electrons. The van der Waals surface area contributed by atoms with E-state index in [4.69, 9.17) is 4.74 Å². The van der Waals surface area contributed by atoms with E-state index in [1.165, 1.54) is 0 Å². The van der Waals surface area contributed by atoms with Crippen LogP contribution in [0.5, 0.6) is 0 Å². The first-order chi connectivity index (χ1) is 8.70. The van der Waals surface area contributed by atoms with Gasteiger partial charge in [-0.15, -0.1) is 0 Å². The van der Waals surface area contributed by atoms with Gasteiger partial charge in [-0.2, -0.15) is 0 Å². The van der Waals surface area contributed by atoms with E-state index in [2.05, 4.69) is 22.2 Å². The zero-order valence-electron chi connectivity index (χ0n) is 10.7. The van der Waals surface area contributed by atoms with E-state index >= 15 is 0 Å². The van der Waals surface area contributed by atoms with E-state index in [-0.39, 0.29) is 11.7 Å². The van der Waals surface area contributed by atoms with Crippen molar-refractivity contribution < 1.29 is 4.74 Å². The van der Waals surface area contributed by atoms with Crippen LogP contribution in [-0.4, -0.2) is 29.7 Å². The molecule has 1 unspecified atom stereocenters. The minimum absolute atomic E-state index is 0.167. The molecule has 1 aromatic carbocycles. The number of fused-ring (bicyclic) bond motifs is 1. The summed E-state index contributed by atoms with van der Waals surface area (Å²) >= 11 is 0. The van der Waals surface area contributed by atoms with Crippen LogP contribution in [0.2, 0.25) is 0 Å². The molecule has 3 N–H and O–H groups in total. The van der Waals surface area contributed by atoms with Crippen molar-refractivity contribution in [2.75, 3.05) is 19.8 Å². The lowest BCUT2D eigenvalue weighted by molar-refractivity contribution is 0.147. The van der Waals surface area contributed by atoms with Gasteiger partial charge in [0.2, 0.25) is 0 Å². The van der Waals surface area contributed by atoms with Gasteiger partial charge >= 0.3 is 5.69 Å². The second-order valence-electron chi connectivity index (χ2n) is 4.26. The summed E-state index contributed by atoms with van der Waals surface area (Å²) in [6.45, 7) is 6.35. The van der Waals surface area contributed by atoms with Crippen LogP contribution in [0, 0.1) is 0 Å². The molecule has 5 heteroatoms. The normalized spacial score (nSPS) is 13.0. The van der Waals surface area contributed by atoms with E-state index < -0.39 is 0 Å². The number of benzene rings is 1. The topological polar surface area (TPSA) is 69.9 Å². The second kappa shape index (κ2) is 5.84. The van der Waals surface area contributed by atoms with Crippen LogP contribution in [0.3, 0.4) is 0 Å². The number of imidazole rings is 1. The minimum atomic E-state index is -0.167. The van der Waals surface area contributed by atoms with E-state index in [1.54, 1.807) is 0 Å². The SMILES string of the molecule is CCOCCNC(C)c1ccc2[nH]c(=O)[nH]c2c1. The highest BCUT2D eigenvalue weighted by Gasteiger charge is 2.06. The Hall–Kier alpha value is -1.59. The molecule has 0 aliphatic rings. The molecule has 5 nitrogen and oxygen atoms in total. The van der Waals surface area contributed by atoms with Gasteiger partial charge in [0, 0.05) is 19.2 Å². The molecule has 2 aromatic rings. The maximum absolute atomic E-state index is 11.2. The molecule has 0 aliphatic carbocycles. The van der Waals surface area contributed by atoms with Crippen molar-refractivity contribution in [3.63, 3.8) is 0 Å². The number of aromatic amines is 2. The lowest BCUT2D eigenvalue weighted by atomic mass is 10.1. The summed E-state index contributed by atoms with van der Waals surface area (Å²) in [4.78, 5) is 16.7. The Bertz CT molecular complexity index is 559. The second-order valence-corrected chi connectivity index (χ2v) is 4.26. The van der Waals surface area contributed by atoms with Gasteiger partial charge in [-0.25, -0.2) is 4.79 Å². The Morgan fingerprint density at radius 3 is 2.89 bits per heavy atom. The van der Waals surface area contributed by atoms with Crippen LogP contribution in [0.15, 0.2) is 23.0 Å². The van der Waals surface area contributed by atoms with Gasteiger partial charge in [0.05, 0.1) is 17.6 Å². The zero-order valence-corrected chi connectivity index (χ0v) is 10.7. The van der Waals surface area contributed by atoms with E-state index in [1.807, 2.05) is 25.1 Å². The van der Waals surface area contributed by atoms with Crippen molar-refractivity contribution in [1.29, 1.82) is 0 Å². The van der Waals surface area contributed by atoms with Crippen LogP contribution in [0.4, 0.5) is 0 Å². The first-order valence-corrected chi connectivity index (χ1v) is 6.23. The smallest absolute Gasteiger partial charge is 0.323 e. The molecular weight excluding hydrogens is 230 g/mol. The predicted molar refractivity (Wildman–Crippen MR) is 71.8 cm³/mol. The number of ether oxygens (including phenoxy) is 1. The summed E-state index contributed by atoms with van der Waals surface area (Å²) in [6.07, 6.45) is 0. The molecule has 0 bridgehead atoms. The third kappa shape index (κ3) is 3.00. The van der Waals surface area contributed by atoms with Crippen molar-refractivity contribution in [3.05, 3.63) is 34.2 Å². The summed E-state index contributed by atoms with van der Waals surface area (Å²) in [7, 11) is 0. The van der Waals surface area contributed by atoms with Gasteiger partial charge < -0.3 is 20.0 Å². The van der Waals surface area contributed by atoms with Gasteiger partial charge in [0.1, 0.15) is 0 Å². The molecule has 0 spiro atoms. The van der Waals surface area contributed by atoms with Gasteiger partial charge in [-0.05, 0) is 31.5 Å². The molecule has 0 aliphatic heterocycles. The Balaban J connectivity index is 2.03. The Morgan fingerprint density at radius 1 is 1.33 bits per heavy atom. The zero-order chi connectivity index (χ0) is 13.0. The highest BCUT2D eigenvalue weighted by molar-refractivity contribution is 5.75. The monoisotopic (exact) mass is 249 g/mol. The summed E-state index contributed by atoms with van der Waals surface area (Å²) in [5.74, 6) is 0. The van der Waals surface area contributed by atoms with Crippen LogP contribution >= 0.6 is 0 Å². The van der Waals surface area contributed by atoms with Crippen molar-refractivity contribution in [1.82, 2.24) is 15.3 Å². The van der Waals surface area contributed by atoms with Gasteiger partial charge in [0.25, 0.3) is 0 Å². The largest absolute Gasteiger partial charge is 0.380 e. The average Bonchev–Trinajstić information content (AvgIpc) is 2.73. The highest BCUT2D eigenvalue weighted by Crippen LogP contribution is 2.16. The summed E-state index contributed by atoms with van der Waals surface area (Å²) in [5, 5.41) is 3.38. The van der Waals surface area contributed by atoms with Crippen molar-refractivity contribution in [2.24, 2.45) is 0 Å². The third-order valence-electron chi connectivity index (χ3n) is 2.94. The van der Waals surface area contributed by atoms with Crippen molar-refractivity contribution in [3.8, 4) is 0 Å². The Labute approximate surface area is 106 Å². The minimum Gasteiger partial charge on any atom is -0.380 e. The van der Waals surface area contributed by atoms with Gasteiger partial charge in [-0.1, -0.05) is 6.07 Å². The molecule has 2 rings (SSSR count). The number of H-pyrrole nitrogens is 2. The summed E-state index contributed by atoms with van der Waals surface area (Å²) in [6, 6.07) is 6.16. The molecular formula is C13H19N3O2. The number of hydrogen-bond acceptors (Lipinski definition) is 3. The number of hydrogen-bond donors (Lipinski definition) is 3. The molecule has 1 aromatic heterocycles. The fourth-order valence-corrected chi connectivity index (χ4v) is 1.93. The molecule has 98 valence electrons. The van der Waals surface area contributed by atoms with Crippen molar-refractivity contribution >= 4 is 11.0 Å². The van der Waals surface area contributed by atoms with Crippen LogP contribution in [0.25, 0.3) is 11.0 Å². The molecule has 18 heavy (non-hydrogen) atoms. The summed E-state index contributed by atoms with van der Waals surface area (Å²) < 4.78 is 5.28. The Kier molecular flexibility index (Phi) is 4.17. The molecule has 1 atom stereocenters. The van der Waals surface area contributed by atoms with E-state index in [0.717, 1.165) is 29.7 Å². The van der Waals surface area contributed by atoms with Gasteiger partial charge in [-0.3, -0.25) is 0 Å². The number of nitrogens with one attached hydrogen (secondary N) is 3. The van der Waals surface area contributed by atoms with Crippen LogP contribution in [0.1, 0.15) is 25.5 Å². The highest BCUT2D eigenvalue weighted by atomic mass is 16.5. The fourth-order valence-electron chi connectivity index (χ4n) is 1.93. The predicted octanol–water partition coefficient (Wildman–Crippen LogP) is 1.54. The molecule has 0 amide bonds. The van der Waals surface area contributed by atoms with Crippen LogP contribution in [-0.2, 0) is 4.74 Å².